The van der Waals surface area contributed by atoms with E-state index in [2.05, 4.69) is 0 Å². The van der Waals surface area contributed by atoms with Crippen LogP contribution in [0.25, 0.3) is 0 Å². The molecular formula is C20H20O10. The number of hydrogen-bond acceptors (Lipinski definition) is 10. The third-order valence-corrected chi connectivity index (χ3v) is 5.10. The summed E-state index contributed by atoms with van der Waals surface area (Å²) in [5.41, 5.74) is 0.200. The van der Waals surface area contributed by atoms with Crippen LogP contribution < -0.4 is 4.74 Å². The maximum atomic E-state index is 13.2. The van der Waals surface area contributed by atoms with Gasteiger partial charge in [0.1, 0.15) is 46.9 Å². The van der Waals surface area contributed by atoms with Crippen LogP contribution in [0.15, 0.2) is 36.4 Å². The lowest BCUT2D eigenvalue weighted by atomic mass is 9.92. The lowest BCUT2D eigenvalue weighted by Crippen LogP contribution is -2.44. The molecule has 10 nitrogen and oxygen atoms in total. The van der Waals surface area contributed by atoms with Crippen molar-refractivity contribution in [1.82, 2.24) is 0 Å². The van der Waals surface area contributed by atoms with Crippen LogP contribution in [0.4, 0.5) is 0 Å². The Morgan fingerprint density at radius 3 is 2.30 bits per heavy atom. The molecule has 0 saturated carbocycles. The van der Waals surface area contributed by atoms with E-state index in [0.717, 1.165) is 6.07 Å². The van der Waals surface area contributed by atoms with Gasteiger partial charge in [-0.1, -0.05) is 12.1 Å². The van der Waals surface area contributed by atoms with Crippen molar-refractivity contribution in [3.8, 4) is 23.0 Å². The Balaban J connectivity index is 1.72. The van der Waals surface area contributed by atoms with E-state index >= 15 is 0 Å². The van der Waals surface area contributed by atoms with E-state index in [1.165, 1.54) is 30.3 Å². The summed E-state index contributed by atoms with van der Waals surface area (Å²) in [6.07, 6.45) is -8.02. The summed E-state index contributed by atoms with van der Waals surface area (Å²) in [6.45, 7) is -0.572. The molecule has 1 saturated heterocycles. The summed E-state index contributed by atoms with van der Waals surface area (Å²) in [5.74, 6) is -1.63. The Labute approximate surface area is 170 Å². The molecule has 0 amide bonds. The summed E-state index contributed by atoms with van der Waals surface area (Å²) in [5, 5.41) is 58.8. The monoisotopic (exact) mass is 420 g/mol. The number of rotatable bonds is 4. The van der Waals surface area contributed by atoms with Crippen molar-refractivity contribution in [2.75, 3.05) is 6.61 Å². The van der Waals surface area contributed by atoms with Crippen LogP contribution in [0.5, 0.6) is 23.0 Å². The number of benzene rings is 2. The molecule has 4 rings (SSSR count). The van der Waals surface area contributed by atoms with Crippen LogP contribution in [-0.4, -0.2) is 73.7 Å². The first-order chi connectivity index (χ1) is 14.3. The minimum Gasteiger partial charge on any atom is -0.508 e. The molecule has 30 heavy (non-hydrogen) atoms. The third kappa shape index (κ3) is 3.44. The summed E-state index contributed by atoms with van der Waals surface area (Å²) < 4.78 is 16.8. The van der Waals surface area contributed by atoms with E-state index in [1.807, 2.05) is 0 Å². The summed E-state index contributed by atoms with van der Waals surface area (Å²) >= 11 is 0. The quantitative estimate of drug-likeness (QED) is 0.395. The average molecular weight is 420 g/mol. The number of aromatic hydroxyl groups is 3. The second-order valence-corrected chi connectivity index (χ2v) is 7.10. The van der Waals surface area contributed by atoms with E-state index in [4.69, 9.17) is 14.2 Å². The predicted molar refractivity (Wildman–Crippen MR) is 98.2 cm³/mol. The number of hydrogen-bond donors (Lipinski definition) is 6. The molecule has 2 aliphatic heterocycles. The van der Waals surface area contributed by atoms with E-state index < -0.39 is 54.9 Å². The molecule has 2 aromatic carbocycles. The topological polar surface area (TPSA) is 166 Å². The SMILES string of the molecule is O=C1c2c(O)cc(O)cc2OC(c2ccc(O)cc2)C1O[C@@H]1O[C@@H](CO)[C@H](O)[C@H]1O. The Morgan fingerprint density at radius 1 is 0.967 bits per heavy atom. The first-order valence-corrected chi connectivity index (χ1v) is 9.14. The van der Waals surface area contributed by atoms with E-state index in [-0.39, 0.29) is 22.8 Å². The summed E-state index contributed by atoms with van der Waals surface area (Å²) in [7, 11) is 0. The molecule has 6 N–H and O–H groups in total. The Kier molecular flexibility index (Phi) is 5.26. The molecule has 10 heteroatoms. The summed E-state index contributed by atoms with van der Waals surface area (Å²) in [4.78, 5) is 13.2. The molecule has 2 unspecified atom stereocenters. The smallest absolute Gasteiger partial charge is 0.203 e. The first-order valence-electron chi connectivity index (χ1n) is 9.14. The molecule has 2 heterocycles. The first kappa shape index (κ1) is 20.4. The van der Waals surface area contributed by atoms with Crippen LogP contribution in [0, 0.1) is 0 Å². The number of fused-ring (bicyclic) bond motifs is 1. The fourth-order valence-electron chi connectivity index (χ4n) is 3.57. The van der Waals surface area contributed by atoms with Gasteiger partial charge in [-0.2, -0.15) is 0 Å². The number of phenols is 3. The van der Waals surface area contributed by atoms with Gasteiger partial charge in [-0.25, -0.2) is 0 Å². The minimum atomic E-state index is -1.54. The number of aliphatic hydroxyl groups is 3. The molecule has 0 aromatic heterocycles. The molecule has 0 bridgehead atoms. The van der Waals surface area contributed by atoms with Crippen LogP contribution in [0.1, 0.15) is 22.0 Å². The number of Topliss-reactive ketones (excluding diaryl/α,β-unsaturated/α-hetero) is 1. The molecular weight excluding hydrogens is 400 g/mol. The highest BCUT2D eigenvalue weighted by Gasteiger charge is 2.48. The zero-order valence-electron chi connectivity index (χ0n) is 15.5. The van der Waals surface area contributed by atoms with Crippen molar-refractivity contribution >= 4 is 5.78 Å². The van der Waals surface area contributed by atoms with Crippen LogP contribution in [0.2, 0.25) is 0 Å². The van der Waals surface area contributed by atoms with Gasteiger partial charge in [-0.15, -0.1) is 0 Å². The van der Waals surface area contributed by atoms with Crippen molar-refractivity contribution in [3.63, 3.8) is 0 Å². The zero-order chi connectivity index (χ0) is 21.6. The largest absolute Gasteiger partial charge is 0.508 e. The third-order valence-electron chi connectivity index (χ3n) is 5.10. The molecule has 0 radical (unpaired) electrons. The lowest BCUT2D eigenvalue weighted by Gasteiger charge is -2.34. The predicted octanol–water partition coefficient (Wildman–Crippen LogP) is -0.0560. The molecule has 0 aliphatic carbocycles. The molecule has 1 fully saturated rings. The van der Waals surface area contributed by atoms with Crippen molar-refractivity contribution in [2.45, 2.75) is 36.8 Å². The van der Waals surface area contributed by atoms with Gasteiger partial charge in [0.25, 0.3) is 0 Å². The maximum Gasteiger partial charge on any atom is 0.203 e. The van der Waals surface area contributed by atoms with Crippen molar-refractivity contribution < 1.29 is 49.6 Å². The van der Waals surface area contributed by atoms with Gasteiger partial charge >= 0.3 is 0 Å². The van der Waals surface area contributed by atoms with E-state index in [0.29, 0.717) is 5.56 Å². The average Bonchev–Trinajstić information content (AvgIpc) is 2.97. The number of ketones is 1. The van der Waals surface area contributed by atoms with Gasteiger partial charge in [0.15, 0.2) is 18.5 Å². The number of carbonyl (C=O) groups is 1. The number of carbonyl (C=O) groups excluding carboxylic acids is 1. The highest BCUT2D eigenvalue weighted by atomic mass is 16.7. The van der Waals surface area contributed by atoms with E-state index in [1.54, 1.807) is 0 Å². The van der Waals surface area contributed by atoms with E-state index in [9.17, 15) is 35.4 Å². The second kappa shape index (κ2) is 7.74. The second-order valence-electron chi connectivity index (χ2n) is 7.10. The fraction of sp³-hybridized carbons (Fsp3) is 0.350. The number of aliphatic hydroxyl groups excluding tert-OH is 3. The Hall–Kier alpha value is -2.89. The van der Waals surface area contributed by atoms with Gasteiger partial charge in [-0.05, 0) is 17.7 Å². The van der Waals surface area contributed by atoms with Crippen LogP contribution in [-0.2, 0) is 9.47 Å². The zero-order valence-corrected chi connectivity index (χ0v) is 15.5. The van der Waals surface area contributed by atoms with Gasteiger partial charge in [0.2, 0.25) is 5.78 Å². The fourth-order valence-corrected chi connectivity index (χ4v) is 3.57. The molecule has 160 valence electrons. The minimum absolute atomic E-state index is 0.0162. The van der Waals surface area contributed by atoms with Gasteiger partial charge < -0.3 is 44.8 Å². The lowest BCUT2D eigenvalue weighted by molar-refractivity contribution is -0.199. The van der Waals surface area contributed by atoms with Crippen LogP contribution >= 0.6 is 0 Å². The highest BCUT2D eigenvalue weighted by Crippen LogP contribution is 2.43. The highest BCUT2D eigenvalue weighted by molar-refractivity contribution is 6.05. The van der Waals surface area contributed by atoms with Gasteiger partial charge in [0, 0.05) is 12.1 Å². The van der Waals surface area contributed by atoms with Crippen LogP contribution in [0.3, 0.4) is 0 Å². The standard InChI is InChI=1S/C20H20O10/c21-7-13-15(25)17(27)20(29-13)30-19-16(26)14-11(24)5-10(23)6-12(14)28-18(19)8-1-3-9(22)4-2-8/h1-6,13,15,17-25,27H,7H2/t13-,15-,17+,18?,19?,20-/m0/s1. The van der Waals surface area contributed by atoms with Crippen molar-refractivity contribution in [2.24, 2.45) is 0 Å². The Morgan fingerprint density at radius 2 is 1.67 bits per heavy atom. The molecule has 2 aromatic rings. The Bertz CT molecular complexity index is 943. The molecule has 2 aliphatic rings. The summed E-state index contributed by atoms with van der Waals surface area (Å²) in [6, 6.07) is 7.89. The maximum absolute atomic E-state index is 13.2. The van der Waals surface area contributed by atoms with Crippen molar-refractivity contribution in [3.05, 3.63) is 47.5 Å². The normalized spacial score (nSPS) is 30.7. The van der Waals surface area contributed by atoms with Crippen molar-refractivity contribution in [1.29, 1.82) is 0 Å². The van der Waals surface area contributed by atoms with Gasteiger partial charge in [0.05, 0.1) is 6.61 Å². The number of phenolic OH excluding ortho intramolecular Hbond substituents is 3. The number of ether oxygens (including phenoxy) is 3. The molecule has 0 spiro atoms. The van der Waals surface area contributed by atoms with Gasteiger partial charge in [-0.3, -0.25) is 4.79 Å². The molecule has 6 atom stereocenters.